The number of halogens is 2. The van der Waals surface area contributed by atoms with Crippen LogP contribution in [0.2, 0.25) is 0 Å². The Labute approximate surface area is 194 Å². The third-order valence-electron chi connectivity index (χ3n) is 4.61. The number of fused-ring (bicyclic) bond motifs is 2. The molecule has 0 fully saturated rings. The molecule has 0 saturated heterocycles. The second-order valence-electron chi connectivity index (χ2n) is 7.14. The molecule has 0 nitrogen and oxygen atoms in total. The molecule has 0 amide bonds. The Hall–Kier alpha value is -0.890. The van der Waals surface area contributed by atoms with E-state index in [4.69, 9.17) is 0 Å². The number of rotatable bonds is 2. The molecular formula is C24H26Cl2Hf. The fourth-order valence-electron chi connectivity index (χ4n) is 3.02. The molecule has 3 heteroatoms. The summed E-state index contributed by atoms with van der Waals surface area (Å²) in [5, 5.41) is 5.45. The Morgan fingerprint density at radius 2 is 0.926 bits per heavy atom. The molecule has 4 aromatic rings. The molecule has 140 valence electrons. The maximum atomic E-state index is 2.28. The molecule has 0 atom stereocenters. The van der Waals surface area contributed by atoms with Crippen molar-refractivity contribution in [2.24, 2.45) is 0 Å². The minimum Gasteiger partial charge on any atom is -1.00 e. The summed E-state index contributed by atoms with van der Waals surface area (Å²) in [6.45, 7) is 8.92. The van der Waals surface area contributed by atoms with E-state index in [-0.39, 0.29) is 50.7 Å². The smallest absolute Gasteiger partial charge is 1.00 e. The average Bonchev–Trinajstić information content (AvgIpc) is 3.19. The van der Waals surface area contributed by atoms with Gasteiger partial charge in [-0.2, -0.15) is 12.1 Å². The summed E-state index contributed by atoms with van der Waals surface area (Å²) in [5.41, 5.74) is 2.88. The maximum absolute atomic E-state index is 2.28. The quantitative estimate of drug-likeness (QED) is 0.255. The van der Waals surface area contributed by atoms with E-state index in [1.807, 2.05) is 0 Å². The van der Waals surface area contributed by atoms with Crippen LogP contribution >= 0.6 is 0 Å². The van der Waals surface area contributed by atoms with Crippen molar-refractivity contribution in [3.05, 3.63) is 83.9 Å². The molecule has 0 radical (unpaired) electrons. The topological polar surface area (TPSA) is 0 Å². The van der Waals surface area contributed by atoms with Crippen LogP contribution in [0.4, 0.5) is 0 Å². The molecule has 27 heavy (non-hydrogen) atoms. The van der Waals surface area contributed by atoms with Crippen LogP contribution in [0.1, 0.15) is 50.7 Å². The van der Waals surface area contributed by atoms with Crippen LogP contribution in [0.25, 0.3) is 21.5 Å². The van der Waals surface area contributed by atoms with Gasteiger partial charge < -0.3 is 24.8 Å². The van der Waals surface area contributed by atoms with E-state index in [1.54, 1.807) is 0 Å². The summed E-state index contributed by atoms with van der Waals surface area (Å²) >= 11 is 0. The van der Waals surface area contributed by atoms with Crippen LogP contribution in [0.5, 0.6) is 0 Å². The van der Waals surface area contributed by atoms with Gasteiger partial charge in [0.1, 0.15) is 0 Å². The third kappa shape index (κ3) is 6.59. The molecule has 4 aromatic carbocycles. The fraction of sp³-hybridized carbons (Fsp3) is 0.250. The van der Waals surface area contributed by atoms with Gasteiger partial charge in [-0.3, -0.25) is 0 Å². The molecule has 0 aliphatic heterocycles. The molecular weight excluding hydrogens is 538 g/mol. The Balaban J connectivity index is 0.000000451. The van der Waals surface area contributed by atoms with Crippen molar-refractivity contribution in [1.29, 1.82) is 0 Å². The van der Waals surface area contributed by atoms with E-state index < -0.39 is 0 Å². The molecule has 0 heterocycles. The van der Waals surface area contributed by atoms with Crippen LogP contribution in [0.15, 0.2) is 72.8 Å². The van der Waals surface area contributed by atoms with E-state index >= 15 is 0 Å². The van der Waals surface area contributed by atoms with Crippen LogP contribution in [0.3, 0.4) is 0 Å². The van der Waals surface area contributed by atoms with Gasteiger partial charge >= 0.3 is 25.8 Å². The molecule has 0 unspecified atom stereocenters. The number of benzene rings is 2. The predicted molar refractivity (Wildman–Crippen MR) is 107 cm³/mol. The van der Waals surface area contributed by atoms with Crippen LogP contribution in [0, 0.1) is 0 Å². The van der Waals surface area contributed by atoms with E-state index in [0.29, 0.717) is 11.8 Å². The first-order chi connectivity index (χ1) is 11.5. The van der Waals surface area contributed by atoms with Gasteiger partial charge in [0.2, 0.25) is 0 Å². The maximum Gasteiger partial charge on any atom is 4.00 e. The first-order valence-corrected chi connectivity index (χ1v) is 8.85. The molecule has 0 aliphatic carbocycles. The van der Waals surface area contributed by atoms with Crippen molar-refractivity contribution in [3.8, 4) is 0 Å². The van der Waals surface area contributed by atoms with Crippen molar-refractivity contribution in [2.75, 3.05) is 0 Å². The number of hydrogen-bond acceptors (Lipinski definition) is 0. The van der Waals surface area contributed by atoms with Gasteiger partial charge in [-0.25, -0.2) is 0 Å². The van der Waals surface area contributed by atoms with E-state index in [0.717, 1.165) is 0 Å². The average molecular weight is 564 g/mol. The van der Waals surface area contributed by atoms with Crippen molar-refractivity contribution in [1.82, 2.24) is 0 Å². The molecule has 0 aliphatic rings. The normalized spacial score (nSPS) is 10.0. The molecule has 0 bridgehead atoms. The zero-order valence-corrected chi connectivity index (χ0v) is 21.4. The molecule has 4 rings (SSSR count). The number of hydrogen-bond donors (Lipinski definition) is 0. The summed E-state index contributed by atoms with van der Waals surface area (Å²) in [5.74, 6) is 1.27. The van der Waals surface area contributed by atoms with Crippen LogP contribution < -0.4 is 24.8 Å². The molecule has 0 spiro atoms. The van der Waals surface area contributed by atoms with Crippen molar-refractivity contribution in [2.45, 2.75) is 39.5 Å². The first-order valence-electron chi connectivity index (χ1n) is 8.85. The van der Waals surface area contributed by atoms with E-state index in [2.05, 4.69) is 100 Å². The summed E-state index contributed by atoms with van der Waals surface area (Å²) in [7, 11) is 0. The van der Waals surface area contributed by atoms with E-state index in [9.17, 15) is 0 Å². The molecule has 0 N–H and O–H groups in total. The standard InChI is InChI=1S/2C12H13.2ClH.Hf/c2*1-9(2)12-7-10-5-3-4-6-11(10)8-12;;;/h2*3-9H,1-2H3;2*1H;/q2*-1;;;+4/p-2. The summed E-state index contributed by atoms with van der Waals surface area (Å²) < 4.78 is 0. The van der Waals surface area contributed by atoms with Gasteiger partial charge in [-0.05, 0) is 11.8 Å². The monoisotopic (exact) mass is 564 g/mol. The predicted octanol–water partition coefficient (Wildman–Crippen LogP) is 1.37. The molecule has 0 saturated carbocycles. The minimum absolute atomic E-state index is 0. The second-order valence-corrected chi connectivity index (χ2v) is 7.14. The zero-order chi connectivity index (χ0) is 17.1. The Morgan fingerprint density at radius 1 is 0.593 bits per heavy atom. The van der Waals surface area contributed by atoms with Gasteiger partial charge in [0, 0.05) is 0 Å². The Morgan fingerprint density at radius 3 is 1.22 bits per heavy atom. The largest absolute Gasteiger partial charge is 4.00 e. The summed E-state index contributed by atoms with van der Waals surface area (Å²) in [6, 6.07) is 26.1. The van der Waals surface area contributed by atoms with Crippen molar-refractivity contribution in [3.63, 3.8) is 0 Å². The van der Waals surface area contributed by atoms with E-state index in [1.165, 1.54) is 32.7 Å². The minimum atomic E-state index is 0. The van der Waals surface area contributed by atoms with Crippen molar-refractivity contribution < 1.29 is 50.7 Å². The third-order valence-corrected chi connectivity index (χ3v) is 4.61. The SMILES string of the molecule is CC(C)c1cc2ccccc2[cH-]1.CC(C)c1cc2ccccc2[cH-]1.[Cl-].[Cl-].[Hf+4]. The van der Waals surface area contributed by atoms with Gasteiger partial charge in [0.25, 0.3) is 0 Å². The molecule has 0 aromatic heterocycles. The summed E-state index contributed by atoms with van der Waals surface area (Å²) in [6.07, 6.45) is 0. The second kappa shape index (κ2) is 11.8. The fourth-order valence-corrected chi connectivity index (χ4v) is 3.02. The van der Waals surface area contributed by atoms with Gasteiger partial charge in [0.05, 0.1) is 0 Å². The Bertz CT molecular complexity index is 788. The van der Waals surface area contributed by atoms with Gasteiger partial charge in [-0.15, -0.1) is 81.2 Å². The Kier molecular flexibility index (Phi) is 11.5. The van der Waals surface area contributed by atoms with Crippen molar-refractivity contribution >= 4 is 21.5 Å². The first kappa shape index (κ1) is 26.1. The van der Waals surface area contributed by atoms with Gasteiger partial charge in [-0.1, -0.05) is 39.8 Å². The summed E-state index contributed by atoms with van der Waals surface area (Å²) in [4.78, 5) is 0. The van der Waals surface area contributed by atoms with Crippen LogP contribution in [-0.2, 0) is 25.8 Å². The van der Waals surface area contributed by atoms with Crippen LogP contribution in [-0.4, -0.2) is 0 Å². The zero-order valence-electron chi connectivity index (χ0n) is 16.3. The van der Waals surface area contributed by atoms with Gasteiger partial charge in [0.15, 0.2) is 0 Å².